The zero-order chi connectivity index (χ0) is 8.23. The van der Waals surface area contributed by atoms with Crippen LogP contribution >= 0.6 is 11.8 Å². The van der Waals surface area contributed by atoms with Crippen molar-refractivity contribution in [2.75, 3.05) is 19.0 Å². The third kappa shape index (κ3) is 2.38. The van der Waals surface area contributed by atoms with Gasteiger partial charge in [0, 0.05) is 19.0 Å². The van der Waals surface area contributed by atoms with Crippen LogP contribution in [0.25, 0.3) is 0 Å². The van der Waals surface area contributed by atoms with Gasteiger partial charge >= 0.3 is 0 Å². The normalized spacial score (nSPS) is 36.0. The van der Waals surface area contributed by atoms with Gasteiger partial charge in [-0.2, -0.15) is 0 Å². The van der Waals surface area contributed by atoms with Gasteiger partial charge in [0.1, 0.15) is 5.44 Å². The van der Waals surface area contributed by atoms with Gasteiger partial charge in [-0.05, 0) is 25.7 Å². The minimum Gasteiger partial charge on any atom is -0.377 e. The number of rotatable bonds is 3. The molecule has 0 bridgehead atoms. The average Bonchev–Trinajstić information content (AvgIpc) is 2.74. The molecule has 2 aliphatic rings. The van der Waals surface area contributed by atoms with Crippen molar-refractivity contribution in [2.45, 2.75) is 37.2 Å². The number of hydrogen-bond acceptors (Lipinski definition) is 3. The Morgan fingerprint density at radius 1 is 1.08 bits per heavy atom. The molecule has 0 aromatic carbocycles. The summed E-state index contributed by atoms with van der Waals surface area (Å²) in [4.78, 5) is 0. The molecule has 2 fully saturated rings. The number of ether oxygens (including phenoxy) is 2. The van der Waals surface area contributed by atoms with E-state index in [1.807, 2.05) is 11.8 Å². The summed E-state index contributed by atoms with van der Waals surface area (Å²) in [6, 6.07) is 0. The van der Waals surface area contributed by atoms with Crippen LogP contribution in [-0.2, 0) is 9.47 Å². The van der Waals surface area contributed by atoms with E-state index in [9.17, 15) is 0 Å². The first kappa shape index (κ1) is 8.85. The first-order valence-corrected chi connectivity index (χ1v) is 5.85. The molecular formula is C9H16O2S. The van der Waals surface area contributed by atoms with Gasteiger partial charge in [0.25, 0.3) is 0 Å². The molecule has 0 radical (unpaired) electrons. The molecule has 0 aromatic heterocycles. The summed E-state index contributed by atoms with van der Waals surface area (Å²) < 4.78 is 11.1. The fourth-order valence-electron chi connectivity index (χ4n) is 1.67. The van der Waals surface area contributed by atoms with Crippen molar-refractivity contribution in [2.24, 2.45) is 0 Å². The lowest BCUT2D eigenvalue weighted by Gasteiger charge is -2.12. The largest absolute Gasteiger partial charge is 0.377 e. The fraction of sp³-hybridized carbons (Fsp3) is 1.00. The molecule has 2 nitrogen and oxygen atoms in total. The van der Waals surface area contributed by atoms with Gasteiger partial charge in [0.05, 0.1) is 6.10 Å². The monoisotopic (exact) mass is 188 g/mol. The maximum absolute atomic E-state index is 5.54. The van der Waals surface area contributed by atoms with E-state index in [0.29, 0.717) is 11.5 Å². The Hall–Kier alpha value is 0.270. The lowest BCUT2D eigenvalue weighted by Crippen LogP contribution is -2.11. The van der Waals surface area contributed by atoms with Gasteiger partial charge in [0.15, 0.2) is 0 Å². The lowest BCUT2D eigenvalue weighted by molar-refractivity contribution is 0.127. The zero-order valence-corrected chi connectivity index (χ0v) is 8.15. The van der Waals surface area contributed by atoms with Crippen LogP contribution in [0.4, 0.5) is 0 Å². The Morgan fingerprint density at radius 3 is 2.58 bits per heavy atom. The summed E-state index contributed by atoms with van der Waals surface area (Å²) in [6.07, 6.45) is 5.48. The van der Waals surface area contributed by atoms with E-state index in [-0.39, 0.29) is 0 Å². The molecule has 0 spiro atoms. The molecule has 2 aliphatic heterocycles. The van der Waals surface area contributed by atoms with Crippen molar-refractivity contribution >= 4 is 11.8 Å². The van der Waals surface area contributed by atoms with Gasteiger partial charge in [-0.25, -0.2) is 0 Å². The second-order valence-corrected chi connectivity index (χ2v) is 4.60. The zero-order valence-electron chi connectivity index (χ0n) is 7.33. The molecule has 2 heterocycles. The predicted octanol–water partition coefficient (Wildman–Crippen LogP) is 2.04. The molecule has 2 saturated heterocycles. The number of hydrogen-bond donors (Lipinski definition) is 0. The van der Waals surface area contributed by atoms with E-state index in [1.54, 1.807) is 0 Å². The van der Waals surface area contributed by atoms with Crippen molar-refractivity contribution in [1.82, 2.24) is 0 Å². The summed E-state index contributed by atoms with van der Waals surface area (Å²) in [7, 11) is 0. The highest BCUT2D eigenvalue weighted by molar-refractivity contribution is 7.99. The van der Waals surface area contributed by atoms with Gasteiger partial charge in [-0.1, -0.05) is 0 Å². The van der Waals surface area contributed by atoms with Gasteiger partial charge in [-0.3, -0.25) is 0 Å². The van der Waals surface area contributed by atoms with Crippen molar-refractivity contribution in [3.63, 3.8) is 0 Å². The third-order valence-electron chi connectivity index (χ3n) is 2.38. The second kappa shape index (κ2) is 4.49. The Morgan fingerprint density at radius 2 is 1.92 bits per heavy atom. The Balaban J connectivity index is 1.60. The second-order valence-electron chi connectivity index (χ2n) is 3.41. The topological polar surface area (TPSA) is 18.5 Å². The van der Waals surface area contributed by atoms with Crippen LogP contribution in [0.2, 0.25) is 0 Å². The molecule has 0 aliphatic carbocycles. The van der Waals surface area contributed by atoms with E-state index >= 15 is 0 Å². The molecule has 2 rings (SSSR count). The summed E-state index contributed by atoms with van der Waals surface area (Å²) >= 11 is 1.93. The maximum Gasteiger partial charge on any atom is 0.103 e. The summed E-state index contributed by atoms with van der Waals surface area (Å²) in [5.74, 6) is 1.13. The van der Waals surface area contributed by atoms with Crippen LogP contribution in [0.5, 0.6) is 0 Å². The minimum absolute atomic E-state index is 0.467. The van der Waals surface area contributed by atoms with E-state index in [4.69, 9.17) is 9.47 Å². The van der Waals surface area contributed by atoms with Crippen LogP contribution in [0.15, 0.2) is 0 Å². The molecular weight excluding hydrogens is 172 g/mol. The standard InChI is InChI=1S/C9H16O2S/c1-3-8(10-5-1)7-12-9-4-2-6-11-9/h8-9H,1-7H2. The smallest absolute Gasteiger partial charge is 0.103 e. The summed E-state index contributed by atoms with van der Waals surface area (Å²) in [6.45, 7) is 1.93. The molecule has 3 heteroatoms. The van der Waals surface area contributed by atoms with Crippen molar-refractivity contribution in [1.29, 1.82) is 0 Å². The van der Waals surface area contributed by atoms with Crippen molar-refractivity contribution < 1.29 is 9.47 Å². The predicted molar refractivity (Wildman–Crippen MR) is 50.4 cm³/mol. The highest BCUT2D eigenvalue weighted by atomic mass is 32.2. The fourth-order valence-corrected chi connectivity index (χ4v) is 2.89. The summed E-state index contributed by atoms with van der Waals surface area (Å²) in [5.41, 5.74) is 0.467. The first-order chi connectivity index (χ1) is 5.95. The molecule has 12 heavy (non-hydrogen) atoms. The van der Waals surface area contributed by atoms with Gasteiger partial charge in [-0.15, -0.1) is 11.8 Å². The molecule has 0 N–H and O–H groups in total. The SMILES string of the molecule is C1COC(CSC2CCCO2)C1. The molecule has 70 valence electrons. The number of thioether (sulfide) groups is 1. The van der Waals surface area contributed by atoms with Gasteiger partial charge < -0.3 is 9.47 Å². The Labute approximate surface area is 78.0 Å². The van der Waals surface area contributed by atoms with E-state index in [1.165, 1.54) is 25.7 Å². The van der Waals surface area contributed by atoms with Crippen LogP contribution in [0.1, 0.15) is 25.7 Å². The maximum atomic E-state index is 5.54. The summed E-state index contributed by atoms with van der Waals surface area (Å²) in [5, 5.41) is 0. The molecule has 2 unspecified atom stereocenters. The molecule has 0 saturated carbocycles. The van der Waals surface area contributed by atoms with Crippen LogP contribution in [0.3, 0.4) is 0 Å². The van der Waals surface area contributed by atoms with Crippen molar-refractivity contribution in [3.8, 4) is 0 Å². The van der Waals surface area contributed by atoms with Crippen LogP contribution in [0, 0.1) is 0 Å². The third-order valence-corrected chi connectivity index (χ3v) is 3.69. The first-order valence-electron chi connectivity index (χ1n) is 4.80. The van der Waals surface area contributed by atoms with Crippen molar-refractivity contribution in [3.05, 3.63) is 0 Å². The van der Waals surface area contributed by atoms with E-state index < -0.39 is 0 Å². The average molecular weight is 188 g/mol. The minimum atomic E-state index is 0.467. The Kier molecular flexibility index (Phi) is 3.31. The molecule has 0 aromatic rings. The van der Waals surface area contributed by atoms with E-state index in [2.05, 4.69) is 0 Å². The molecule has 2 atom stereocenters. The lowest BCUT2D eigenvalue weighted by atomic mass is 10.3. The van der Waals surface area contributed by atoms with Crippen LogP contribution < -0.4 is 0 Å². The van der Waals surface area contributed by atoms with Crippen LogP contribution in [-0.4, -0.2) is 30.5 Å². The highest BCUT2D eigenvalue weighted by Crippen LogP contribution is 2.26. The Bertz CT molecular complexity index is 112. The van der Waals surface area contributed by atoms with Gasteiger partial charge in [0.2, 0.25) is 0 Å². The highest BCUT2D eigenvalue weighted by Gasteiger charge is 2.20. The quantitative estimate of drug-likeness (QED) is 0.675. The molecule has 0 amide bonds. The van der Waals surface area contributed by atoms with E-state index in [0.717, 1.165) is 19.0 Å².